The molecule has 0 atom stereocenters. The van der Waals surface area contributed by atoms with E-state index >= 15 is 0 Å². The van der Waals surface area contributed by atoms with Crippen LogP contribution in [0.15, 0.2) is 24.3 Å². The number of nitrogens with zero attached hydrogens (tertiary/aromatic N) is 2. The lowest BCUT2D eigenvalue weighted by Crippen LogP contribution is -1.96. The summed E-state index contributed by atoms with van der Waals surface area (Å²) in [5, 5.41) is 12.9. The Labute approximate surface area is 129 Å². The molecule has 2 aromatic rings. The molecule has 0 radical (unpaired) electrons. The molecule has 0 bridgehead atoms. The van der Waals surface area contributed by atoms with Gasteiger partial charge in [0.1, 0.15) is 5.15 Å². The summed E-state index contributed by atoms with van der Waals surface area (Å²) in [6.45, 7) is 0. The van der Waals surface area contributed by atoms with Crippen LogP contribution in [-0.2, 0) is 0 Å². The van der Waals surface area contributed by atoms with Crippen molar-refractivity contribution in [1.29, 1.82) is 5.26 Å². The number of anilines is 2. The monoisotopic (exact) mass is 331 g/mol. The smallest absolute Gasteiger partial charge is 0.151 e. The Hall–Kier alpha value is -1.18. The summed E-state index contributed by atoms with van der Waals surface area (Å²) >= 11 is 23.6. The first-order valence-electron chi connectivity index (χ1n) is 4.99. The van der Waals surface area contributed by atoms with E-state index in [1.807, 2.05) is 6.07 Å². The molecule has 1 N–H and O–H groups in total. The molecule has 0 fully saturated rings. The van der Waals surface area contributed by atoms with Crippen LogP contribution in [0.2, 0.25) is 20.2 Å². The lowest BCUT2D eigenvalue weighted by molar-refractivity contribution is 1.31. The van der Waals surface area contributed by atoms with Gasteiger partial charge in [0, 0.05) is 0 Å². The fraction of sp³-hybridized carbons (Fsp3) is 0. The Bertz CT molecular complexity index is 679. The first kappa shape index (κ1) is 14.2. The summed E-state index contributed by atoms with van der Waals surface area (Å²) in [6, 6.07) is 8.29. The predicted octanol–water partition coefficient (Wildman–Crippen LogP) is 5.31. The van der Waals surface area contributed by atoms with Crippen LogP contribution in [0.3, 0.4) is 0 Å². The number of hydrogen-bond donors (Lipinski definition) is 1. The van der Waals surface area contributed by atoms with E-state index in [9.17, 15) is 0 Å². The molecule has 0 aliphatic rings. The van der Waals surface area contributed by atoms with Crippen LogP contribution in [-0.4, -0.2) is 4.98 Å². The Morgan fingerprint density at radius 2 is 1.74 bits per heavy atom. The van der Waals surface area contributed by atoms with Gasteiger partial charge in [-0.25, -0.2) is 4.98 Å². The van der Waals surface area contributed by atoms with E-state index in [1.165, 1.54) is 6.07 Å². The number of aromatic nitrogens is 1. The normalized spacial score (nSPS) is 10.1. The Balaban J connectivity index is 2.42. The van der Waals surface area contributed by atoms with Crippen LogP contribution in [0.25, 0.3) is 0 Å². The molecule has 0 aliphatic carbocycles. The molecular formula is C12H5Cl4N3. The van der Waals surface area contributed by atoms with Gasteiger partial charge in [-0.2, -0.15) is 5.26 Å². The summed E-state index contributed by atoms with van der Waals surface area (Å²) in [4.78, 5) is 4.01. The van der Waals surface area contributed by atoms with Gasteiger partial charge in [0.05, 0.1) is 32.4 Å². The van der Waals surface area contributed by atoms with E-state index in [2.05, 4.69) is 10.3 Å². The largest absolute Gasteiger partial charge is 0.338 e. The summed E-state index contributed by atoms with van der Waals surface area (Å²) in [5.74, 6) is 0.313. The maximum atomic E-state index is 8.85. The number of nitrogens with one attached hydrogen (secondary N) is 1. The van der Waals surface area contributed by atoms with Crippen LogP contribution in [0.4, 0.5) is 11.5 Å². The van der Waals surface area contributed by atoms with Gasteiger partial charge < -0.3 is 5.32 Å². The third kappa shape index (κ3) is 3.23. The van der Waals surface area contributed by atoms with Crippen molar-refractivity contribution in [3.05, 3.63) is 50.0 Å². The molecule has 19 heavy (non-hydrogen) atoms. The van der Waals surface area contributed by atoms with Gasteiger partial charge in [0.15, 0.2) is 5.82 Å². The number of pyridine rings is 1. The van der Waals surface area contributed by atoms with Crippen LogP contribution >= 0.6 is 46.4 Å². The number of hydrogen-bond acceptors (Lipinski definition) is 3. The van der Waals surface area contributed by atoms with E-state index in [4.69, 9.17) is 51.7 Å². The summed E-state index contributed by atoms with van der Waals surface area (Å²) in [5.41, 5.74) is 0.969. The van der Waals surface area contributed by atoms with Crippen LogP contribution in [0, 0.1) is 11.3 Å². The van der Waals surface area contributed by atoms with Crippen molar-refractivity contribution >= 4 is 57.9 Å². The highest BCUT2D eigenvalue weighted by molar-refractivity contribution is 6.43. The highest BCUT2D eigenvalue weighted by Gasteiger charge is 2.10. The lowest BCUT2D eigenvalue weighted by Gasteiger charge is -2.10. The molecule has 0 aliphatic heterocycles. The molecule has 96 valence electrons. The minimum Gasteiger partial charge on any atom is -0.338 e. The number of halogens is 4. The third-order valence-electron chi connectivity index (χ3n) is 2.24. The number of nitriles is 1. The van der Waals surface area contributed by atoms with Gasteiger partial charge >= 0.3 is 0 Å². The van der Waals surface area contributed by atoms with Gasteiger partial charge in [-0.3, -0.25) is 0 Å². The minimum atomic E-state index is 0.126. The van der Waals surface area contributed by atoms with Crippen molar-refractivity contribution < 1.29 is 0 Å². The van der Waals surface area contributed by atoms with Crippen LogP contribution < -0.4 is 5.32 Å². The van der Waals surface area contributed by atoms with E-state index < -0.39 is 0 Å². The average Bonchev–Trinajstić information content (AvgIpc) is 2.38. The molecule has 0 saturated carbocycles. The molecule has 7 heteroatoms. The van der Waals surface area contributed by atoms with E-state index in [-0.39, 0.29) is 10.2 Å². The second-order valence-corrected chi connectivity index (χ2v) is 5.10. The molecule has 1 aromatic carbocycles. The van der Waals surface area contributed by atoms with Crippen molar-refractivity contribution in [2.45, 2.75) is 0 Å². The second-order valence-electron chi connectivity index (χ2n) is 3.52. The zero-order valence-corrected chi connectivity index (χ0v) is 12.2. The van der Waals surface area contributed by atoms with Crippen molar-refractivity contribution in [1.82, 2.24) is 4.98 Å². The summed E-state index contributed by atoms with van der Waals surface area (Å²) < 4.78 is 0. The maximum Gasteiger partial charge on any atom is 0.151 e. The maximum absolute atomic E-state index is 8.85. The second kappa shape index (κ2) is 5.85. The van der Waals surface area contributed by atoms with Gasteiger partial charge in [-0.05, 0) is 24.3 Å². The zero-order chi connectivity index (χ0) is 14.0. The molecule has 0 amide bonds. The topological polar surface area (TPSA) is 48.7 Å². The molecule has 0 saturated heterocycles. The van der Waals surface area contributed by atoms with E-state index in [1.54, 1.807) is 18.2 Å². The van der Waals surface area contributed by atoms with Gasteiger partial charge in [0.25, 0.3) is 0 Å². The fourth-order valence-corrected chi connectivity index (χ4v) is 2.06. The standard InChI is InChI=1S/C12H5Cl4N3/c13-7-2-1-6(5-17)3-10(7)18-12-9(15)4-8(14)11(16)19-12/h1-4H,(H,18,19). The molecule has 1 aromatic heterocycles. The van der Waals surface area contributed by atoms with E-state index in [0.29, 0.717) is 27.1 Å². The molecule has 1 heterocycles. The Morgan fingerprint density at radius 1 is 1.00 bits per heavy atom. The number of benzene rings is 1. The highest BCUT2D eigenvalue weighted by atomic mass is 35.5. The van der Waals surface area contributed by atoms with Crippen molar-refractivity contribution in [2.75, 3.05) is 5.32 Å². The Kier molecular flexibility index (Phi) is 4.38. The number of rotatable bonds is 2. The van der Waals surface area contributed by atoms with E-state index in [0.717, 1.165) is 0 Å². The minimum absolute atomic E-state index is 0.126. The Morgan fingerprint density at radius 3 is 2.42 bits per heavy atom. The SMILES string of the molecule is N#Cc1ccc(Cl)c(Nc2nc(Cl)c(Cl)cc2Cl)c1. The van der Waals surface area contributed by atoms with Crippen LogP contribution in [0.5, 0.6) is 0 Å². The summed E-state index contributed by atoms with van der Waals surface area (Å²) in [6.07, 6.45) is 0. The quantitative estimate of drug-likeness (QED) is 0.758. The first-order valence-corrected chi connectivity index (χ1v) is 6.50. The molecule has 0 unspecified atom stereocenters. The summed E-state index contributed by atoms with van der Waals surface area (Å²) in [7, 11) is 0. The molecular weight excluding hydrogens is 328 g/mol. The van der Waals surface area contributed by atoms with Crippen molar-refractivity contribution in [2.24, 2.45) is 0 Å². The average molecular weight is 333 g/mol. The van der Waals surface area contributed by atoms with Gasteiger partial charge in [0.2, 0.25) is 0 Å². The van der Waals surface area contributed by atoms with Crippen LogP contribution in [0.1, 0.15) is 5.56 Å². The zero-order valence-electron chi connectivity index (χ0n) is 9.22. The molecule has 2 rings (SSSR count). The molecule has 0 spiro atoms. The van der Waals surface area contributed by atoms with Crippen molar-refractivity contribution in [3.8, 4) is 6.07 Å². The van der Waals surface area contributed by atoms with Gasteiger partial charge in [-0.1, -0.05) is 46.4 Å². The predicted molar refractivity (Wildman–Crippen MR) is 78.7 cm³/mol. The lowest BCUT2D eigenvalue weighted by atomic mass is 10.2. The highest BCUT2D eigenvalue weighted by Crippen LogP contribution is 2.33. The first-order chi connectivity index (χ1) is 9.01. The van der Waals surface area contributed by atoms with Crippen molar-refractivity contribution in [3.63, 3.8) is 0 Å². The molecule has 3 nitrogen and oxygen atoms in total. The third-order valence-corrected chi connectivity index (χ3v) is 3.53. The van der Waals surface area contributed by atoms with Gasteiger partial charge in [-0.15, -0.1) is 0 Å². The fourth-order valence-electron chi connectivity index (χ4n) is 1.35.